The summed E-state index contributed by atoms with van der Waals surface area (Å²) in [6, 6.07) is 1.38. The summed E-state index contributed by atoms with van der Waals surface area (Å²) in [5, 5.41) is 18.0. The van der Waals surface area contributed by atoms with Crippen LogP contribution in [-0.2, 0) is 10.1 Å². The predicted molar refractivity (Wildman–Crippen MR) is 45.0 cm³/mol. The summed E-state index contributed by atoms with van der Waals surface area (Å²) < 4.78 is 29.8. The molecule has 7 heteroatoms. The lowest BCUT2D eigenvalue weighted by atomic mass is 10.2. The highest BCUT2D eigenvalue weighted by atomic mass is 32.2. The Morgan fingerprint density at radius 1 is 1.21 bits per heavy atom. The number of aldehydes is 1. The lowest BCUT2D eigenvalue weighted by Gasteiger charge is -2.03. The molecule has 0 radical (unpaired) electrons. The van der Waals surface area contributed by atoms with Gasteiger partial charge in [-0.3, -0.25) is 9.35 Å². The van der Waals surface area contributed by atoms with E-state index in [9.17, 15) is 13.2 Å². The van der Waals surface area contributed by atoms with Crippen LogP contribution in [0, 0.1) is 0 Å². The van der Waals surface area contributed by atoms with Crippen LogP contribution in [0.3, 0.4) is 0 Å². The predicted octanol–water partition coefficient (Wildman–Crippen LogP) is 0.157. The normalized spacial score (nSPS) is 11.2. The Balaban J connectivity index is 3.53. The minimum absolute atomic E-state index is 0.156. The quantitative estimate of drug-likeness (QED) is 0.370. The molecule has 1 aromatic carbocycles. The second-order valence-electron chi connectivity index (χ2n) is 2.47. The zero-order valence-electron chi connectivity index (χ0n) is 6.71. The Kier molecular flexibility index (Phi) is 2.45. The molecule has 76 valence electrons. The number of benzene rings is 1. The third-order valence-electron chi connectivity index (χ3n) is 1.52. The number of phenols is 2. The van der Waals surface area contributed by atoms with Gasteiger partial charge < -0.3 is 10.2 Å². The molecule has 0 aliphatic rings. The standard InChI is InChI=1S/C7H6O6S/c8-3-4-1-5(14(11,12)13)2-6(9)7(4)10/h1-3,9-10H,(H,11,12,13). The highest BCUT2D eigenvalue weighted by molar-refractivity contribution is 7.85. The summed E-state index contributed by atoms with van der Waals surface area (Å²) in [5.74, 6) is -1.52. The second-order valence-corrected chi connectivity index (χ2v) is 3.89. The van der Waals surface area contributed by atoms with Gasteiger partial charge >= 0.3 is 0 Å². The van der Waals surface area contributed by atoms with E-state index in [-0.39, 0.29) is 6.29 Å². The molecule has 0 bridgehead atoms. The molecule has 14 heavy (non-hydrogen) atoms. The van der Waals surface area contributed by atoms with Crippen LogP contribution in [0.4, 0.5) is 0 Å². The van der Waals surface area contributed by atoms with Gasteiger partial charge in [-0.15, -0.1) is 0 Å². The molecule has 1 aromatic rings. The van der Waals surface area contributed by atoms with Gasteiger partial charge in [0.05, 0.1) is 10.5 Å². The van der Waals surface area contributed by atoms with Crippen LogP contribution in [0.15, 0.2) is 17.0 Å². The van der Waals surface area contributed by atoms with Crippen molar-refractivity contribution in [3.8, 4) is 11.5 Å². The topological polar surface area (TPSA) is 112 Å². The molecular formula is C7H6O6S. The average Bonchev–Trinajstić information content (AvgIpc) is 2.07. The van der Waals surface area contributed by atoms with E-state index in [1.54, 1.807) is 0 Å². The number of aromatic hydroxyl groups is 2. The Labute approximate surface area is 79.2 Å². The van der Waals surface area contributed by atoms with Gasteiger partial charge in [0.25, 0.3) is 10.1 Å². The van der Waals surface area contributed by atoms with Gasteiger partial charge in [0, 0.05) is 6.07 Å². The minimum Gasteiger partial charge on any atom is -0.504 e. The highest BCUT2D eigenvalue weighted by Gasteiger charge is 2.16. The zero-order chi connectivity index (χ0) is 10.9. The first-order chi connectivity index (χ1) is 6.36. The first-order valence-electron chi connectivity index (χ1n) is 3.35. The number of hydrogen-bond acceptors (Lipinski definition) is 5. The molecule has 6 nitrogen and oxygen atoms in total. The number of hydrogen-bond donors (Lipinski definition) is 3. The molecule has 3 N–H and O–H groups in total. The van der Waals surface area contributed by atoms with Crippen LogP contribution in [0.1, 0.15) is 10.4 Å². The van der Waals surface area contributed by atoms with E-state index in [1.807, 2.05) is 0 Å². The summed E-state index contributed by atoms with van der Waals surface area (Å²) in [6.07, 6.45) is 0.156. The molecule has 1 rings (SSSR count). The fraction of sp³-hybridized carbons (Fsp3) is 0. The van der Waals surface area contributed by atoms with Crippen LogP contribution < -0.4 is 0 Å². The summed E-state index contributed by atoms with van der Waals surface area (Å²) in [6.45, 7) is 0. The maximum absolute atomic E-state index is 10.6. The maximum atomic E-state index is 10.6. The summed E-state index contributed by atoms with van der Waals surface area (Å²) >= 11 is 0. The molecule has 0 fully saturated rings. The van der Waals surface area contributed by atoms with E-state index in [4.69, 9.17) is 14.8 Å². The Bertz CT molecular complexity index is 475. The van der Waals surface area contributed by atoms with E-state index in [1.165, 1.54) is 0 Å². The summed E-state index contributed by atoms with van der Waals surface area (Å²) in [7, 11) is -4.50. The van der Waals surface area contributed by atoms with Crippen molar-refractivity contribution in [2.75, 3.05) is 0 Å². The van der Waals surface area contributed by atoms with Crippen LogP contribution in [0.2, 0.25) is 0 Å². The molecule has 0 unspecified atom stereocenters. The Morgan fingerprint density at radius 3 is 2.21 bits per heavy atom. The lowest BCUT2D eigenvalue weighted by Crippen LogP contribution is -1.99. The molecule has 0 aromatic heterocycles. The van der Waals surface area contributed by atoms with Gasteiger partial charge in [-0.2, -0.15) is 8.42 Å². The van der Waals surface area contributed by atoms with E-state index in [0.717, 1.165) is 6.07 Å². The van der Waals surface area contributed by atoms with Crippen molar-refractivity contribution < 1.29 is 28.0 Å². The van der Waals surface area contributed by atoms with Crippen molar-refractivity contribution in [1.82, 2.24) is 0 Å². The molecule has 0 aliphatic heterocycles. The molecule has 0 aliphatic carbocycles. The Morgan fingerprint density at radius 2 is 1.79 bits per heavy atom. The second kappa shape index (κ2) is 3.28. The van der Waals surface area contributed by atoms with E-state index in [2.05, 4.69) is 0 Å². The molecule has 0 heterocycles. The first kappa shape index (κ1) is 10.5. The molecule has 0 saturated heterocycles. The molecule has 0 saturated carbocycles. The SMILES string of the molecule is O=Cc1cc(S(=O)(=O)O)cc(O)c1O. The molecular weight excluding hydrogens is 212 g/mol. The first-order valence-corrected chi connectivity index (χ1v) is 4.79. The lowest BCUT2D eigenvalue weighted by molar-refractivity contribution is 0.112. The van der Waals surface area contributed by atoms with Gasteiger partial charge in [-0.05, 0) is 6.07 Å². The van der Waals surface area contributed by atoms with Crippen molar-refractivity contribution in [2.45, 2.75) is 4.90 Å². The van der Waals surface area contributed by atoms with Crippen LogP contribution in [-0.4, -0.2) is 29.5 Å². The molecule has 0 spiro atoms. The summed E-state index contributed by atoms with van der Waals surface area (Å²) in [4.78, 5) is 9.65. The molecule has 0 amide bonds. The summed E-state index contributed by atoms with van der Waals surface area (Å²) in [5.41, 5.74) is -0.419. The van der Waals surface area contributed by atoms with Gasteiger partial charge in [-0.25, -0.2) is 0 Å². The van der Waals surface area contributed by atoms with Crippen molar-refractivity contribution in [1.29, 1.82) is 0 Å². The monoisotopic (exact) mass is 218 g/mol. The third-order valence-corrected chi connectivity index (χ3v) is 2.35. The largest absolute Gasteiger partial charge is 0.504 e. The van der Waals surface area contributed by atoms with E-state index in [0.29, 0.717) is 6.07 Å². The van der Waals surface area contributed by atoms with Gasteiger partial charge in [0.1, 0.15) is 0 Å². The van der Waals surface area contributed by atoms with Gasteiger partial charge in [-0.1, -0.05) is 0 Å². The van der Waals surface area contributed by atoms with Gasteiger partial charge in [0.2, 0.25) is 0 Å². The van der Waals surface area contributed by atoms with Crippen LogP contribution >= 0.6 is 0 Å². The van der Waals surface area contributed by atoms with Crippen molar-refractivity contribution in [3.63, 3.8) is 0 Å². The van der Waals surface area contributed by atoms with Crippen LogP contribution in [0.25, 0.3) is 0 Å². The maximum Gasteiger partial charge on any atom is 0.294 e. The fourth-order valence-corrected chi connectivity index (χ4v) is 1.39. The zero-order valence-corrected chi connectivity index (χ0v) is 7.52. The smallest absolute Gasteiger partial charge is 0.294 e. The number of carbonyl (C=O) groups excluding carboxylic acids is 1. The van der Waals surface area contributed by atoms with Crippen molar-refractivity contribution in [2.24, 2.45) is 0 Å². The highest BCUT2D eigenvalue weighted by Crippen LogP contribution is 2.30. The average molecular weight is 218 g/mol. The number of phenolic OH excluding ortho intramolecular Hbond substituents is 2. The van der Waals surface area contributed by atoms with Gasteiger partial charge in [0.15, 0.2) is 17.8 Å². The van der Waals surface area contributed by atoms with E-state index < -0.39 is 32.1 Å². The van der Waals surface area contributed by atoms with Crippen molar-refractivity contribution in [3.05, 3.63) is 17.7 Å². The minimum atomic E-state index is -4.50. The fourth-order valence-electron chi connectivity index (χ4n) is 0.853. The Hall–Kier alpha value is -1.60. The number of rotatable bonds is 2. The third kappa shape index (κ3) is 1.83. The van der Waals surface area contributed by atoms with E-state index >= 15 is 0 Å². The van der Waals surface area contributed by atoms with Crippen LogP contribution in [0.5, 0.6) is 11.5 Å². The number of carbonyl (C=O) groups is 1. The van der Waals surface area contributed by atoms with Crippen molar-refractivity contribution >= 4 is 16.4 Å². The molecule has 0 atom stereocenters.